The summed E-state index contributed by atoms with van der Waals surface area (Å²) in [7, 11) is 0. The molecule has 2 N–H and O–H groups in total. The fourth-order valence-electron chi connectivity index (χ4n) is 2.33. The predicted molar refractivity (Wildman–Crippen MR) is 80.4 cm³/mol. The molecule has 0 saturated carbocycles. The number of amides is 2. The van der Waals surface area contributed by atoms with Crippen LogP contribution in [0.15, 0.2) is 0 Å². The van der Waals surface area contributed by atoms with Crippen LogP contribution in [0, 0.1) is 0 Å². The summed E-state index contributed by atoms with van der Waals surface area (Å²) < 4.78 is 0. The zero-order valence-corrected chi connectivity index (χ0v) is 13.1. The summed E-state index contributed by atoms with van der Waals surface area (Å²) in [4.78, 5) is 25.7. The molecule has 2 amide bonds. The van der Waals surface area contributed by atoms with Gasteiger partial charge in [0, 0.05) is 32.1 Å². The second-order valence-electron chi connectivity index (χ2n) is 5.69. The zero-order valence-electron chi connectivity index (χ0n) is 13.1. The number of carbonyl (C=O) groups is 2. The summed E-state index contributed by atoms with van der Waals surface area (Å²) in [5, 5.41) is 6.07. The summed E-state index contributed by atoms with van der Waals surface area (Å²) >= 11 is 0. The van der Waals surface area contributed by atoms with E-state index in [1.54, 1.807) is 0 Å². The van der Waals surface area contributed by atoms with Crippen molar-refractivity contribution in [1.29, 1.82) is 0 Å². The Kier molecular flexibility index (Phi) is 7.59. The lowest BCUT2D eigenvalue weighted by atomic mass is 10.1. The van der Waals surface area contributed by atoms with Crippen molar-refractivity contribution in [1.82, 2.24) is 15.5 Å². The lowest BCUT2D eigenvalue weighted by Gasteiger charge is -2.29. The normalized spacial score (nSPS) is 18.4. The number of likely N-dealkylation sites (tertiary alicyclic amines) is 1. The van der Waals surface area contributed by atoms with Crippen molar-refractivity contribution in [3.63, 3.8) is 0 Å². The first-order valence-corrected chi connectivity index (χ1v) is 7.86. The van der Waals surface area contributed by atoms with Crippen molar-refractivity contribution in [2.45, 2.75) is 65.0 Å². The fraction of sp³-hybridized carbons (Fsp3) is 0.867. The number of carbonyl (C=O) groups excluding carboxylic acids is 2. The maximum atomic E-state index is 12.2. The summed E-state index contributed by atoms with van der Waals surface area (Å²) in [6, 6.07) is 0.0133. The Hall–Kier alpha value is -1.10. The number of nitrogens with one attached hydrogen (secondary N) is 2. The van der Waals surface area contributed by atoms with Crippen LogP contribution < -0.4 is 10.6 Å². The van der Waals surface area contributed by atoms with Crippen LogP contribution in [0.25, 0.3) is 0 Å². The van der Waals surface area contributed by atoms with Crippen molar-refractivity contribution < 1.29 is 9.59 Å². The molecule has 5 heteroatoms. The van der Waals surface area contributed by atoms with E-state index in [1.807, 2.05) is 25.7 Å². The monoisotopic (exact) mass is 283 g/mol. The van der Waals surface area contributed by atoms with Crippen LogP contribution in [0.3, 0.4) is 0 Å². The molecule has 116 valence electrons. The van der Waals surface area contributed by atoms with E-state index in [0.29, 0.717) is 13.0 Å². The minimum Gasteiger partial charge on any atom is -0.354 e. The molecule has 0 aromatic rings. The second-order valence-corrected chi connectivity index (χ2v) is 5.69. The van der Waals surface area contributed by atoms with Gasteiger partial charge in [0.15, 0.2) is 0 Å². The molecule has 0 radical (unpaired) electrons. The Morgan fingerprint density at radius 2 is 1.80 bits per heavy atom. The van der Waals surface area contributed by atoms with Gasteiger partial charge in [-0.1, -0.05) is 6.92 Å². The molecular formula is C15H29N3O2. The average molecular weight is 283 g/mol. The van der Waals surface area contributed by atoms with E-state index in [9.17, 15) is 9.59 Å². The molecule has 0 aromatic carbocycles. The number of piperidine rings is 1. The van der Waals surface area contributed by atoms with Crippen LogP contribution in [0.4, 0.5) is 0 Å². The second kappa shape index (κ2) is 8.95. The average Bonchev–Trinajstić information content (AvgIpc) is 2.47. The summed E-state index contributed by atoms with van der Waals surface area (Å²) in [6.45, 7) is 8.21. The highest BCUT2D eigenvalue weighted by molar-refractivity contribution is 5.81. The van der Waals surface area contributed by atoms with Crippen LogP contribution in [-0.4, -0.2) is 48.4 Å². The standard InChI is InChI=1S/C15H29N3O2/c1-4-12(2)17-14(19)8-9-16-13(3)15(20)18-10-6-5-7-11-18/h12-13,16H,4-11H2,1-3H3,(H,17,19). The summed E-state index contributed by atoms with van der Waals surface area (Å²) in [6.07, 6.45) is 4.79. The third-order valence-corrected chi connectivity index (χ3v) is 3.86. The van der Waals surface area contributed by atoms with Gasteiger partial charge in [-0.2, -0.15) is 0 Å². The molecule has 0 bridgehead atoms. The zero-order chi connectivity index (χ0) is 15.0. The lowest BCUT2D eigenvalue weighted by molar-refractivity contribution is -0.134. The number of hydrogen-bond donors (Lipinski definition) is 2. The molecule has 1 aliphatic heterocycles. The van der Waals surface area contributed by atoms with Crippen molar-refractivity contribution in [3.05, 3.63) is 0 Å². The van der Waals surface area contributed by atoms with E-state index >= 15 is 0 Å². The highest BCUT2D eigenvalue weighted by atomic mass is 16.2. The lowest BCUT2D eigenvalue weighted by Crippen LogP contribution is -2.47. The van der Waals surface area contributed by atoms with E-state index in [-0.39, 0.29) is 23.9 Å². The minimum atomic E-state index is -0.204. The summed E-state index contributed by atoms with van der Waals surface area (Å²) in [5.74, 6) is 0.205. The van der Waals surface area contributed by atoms with Crippen LogP contribution in [0.1, 0.15) is 52.9 Å². The molecule has 1 heterocycles. The predicted octanol–water partition coefficient (Wildman–Crippen LogP) is 1.28. The first kappa shape index (κ1) is 17.0. The highest BCUT2D eigenvalue weighted by Gasteiger charge is 2.21. The minimum absolute atomic E-state index is 0.0458. The quantitative estimate of drug-likeness (QED) is 0.740. The Balaban J connectivity index is 2.20. The molecule has 2 atom stereocenters. The molecule has 20 heavy (non-hydrogen) atoms. The van der Waals surface area contributed by atoms with Crippen molar-refractivity contribution in [2.24, 2.45) is 0 Å². The van der Waals surface area contributed by atoms with E-state index in [4.69, 9.17) is 0 Å². The Morgan fingerprint density at radius 3 is 2.40 bits per heavy atom. The first-order valence-electron chi connectivity index (χ1n) is 7.86. The van der Waals surface area contributed by atoms with Crippen LogP contribution in [0.5, 0.6) is 0 Å². The molecule has 2 unspecified atom stereocenters. The van der Waals surface area contributed by atoms with E-state index in [0.717, 1.165) is 32.4 Å². The van der Waals surface area contributed by atoms with Gasteiger partial charge in [-0.05, 0) is 39.5 Å². The molecule has 0 aliphatic carbocycles. The maximum absolute atomic E-state index is 12.2. The van der Waals surface area contributed by atoms with Gasteiger partial charge in [0.2, 0.25) is 11.8 Å². The molecular weight excluding hydrogens is 254 g/mol. The maximum Gasteiger partial charge on any atom is 0.239 e. The van der Waals surface area contributed by atoms with Gasteiger partial charge in [-0.15, -0.1) is 0 Å². The summed E-state index contributed by atoms with van der Waals surface area (Å²) in [5.41, 5.74) is 0. The van der Waals surface area contributed by atoms with Crippen LogP contribution in [0.2, 0.25) is 0 Å². The van der Waals surface area contributed by atoms with Crippen molar-refractivity contribution in [3.8, 4) is 0 Å². The largest absolute Gasteiger partial charge is 0.354 e. The molecule has 1 fully saturated rings. The molecule has 1 saturated heterocycles. The SMILES string of the molecule is CCC(C)NC(=O)CCNC(C)C(=O)N1CCCCC1. The van der Waals surface area contributed by atoms with E-state index in [2.05, 4.69) is 10.6 Å². The van der Waals surface area contributed by atoms with Gasteiger partial charge < -0.3 is 15.5 Å². The Morgan fingerprint density at radius 1 is 1.15 bits per heavy atom. The first-order chi connectivity index (χ1) is 9.54. The van der Waals surface area contributed by atoms with E-state index < -0.39 is 0 Å². The van der Waals surface area contributed by atoms with Gasteiger partial charge in [-0.3, -0.25) is 9.59 Å². The van der Waals surface area contributed by atoms with Gasteiger partial charge in [-0.25, -0.2) is 0 Å². The molecule has 0 aromatic heterocycles. The van der Waals surface area contributed by atoms with Crippen molar-refractivity contribution >= 4 is 11.8 Å². The molecule has 1 aliphatic rings. The van der Waals surface area contributed by atoms with Crippen LogP contribution in [-0.2, 0) is 9.59 Å². The van der Waals surface area contributed by atoms with Crippen LogP contribution >= 0.6 is 0 Å². The Bertz CT molecular complexity index is 314. The third-order valence-electron chi connectivity index (χ3n) is 3.86. The van der Waals surface area contributed by atoms with Gasteiger partial charge in [0.25, 0.3) is 0 Å². The topological polar surface area (TPSA) is 61.4 Å². The number of rotatable bonds is 7. The molecule has 1 rings (SSSR count). The smallest absolute Gasteiger partial charge is 0.239 e. The van der Waals surface area contributed by atoms with Gasteiger partial charge in [0.1, 0.15) is 0 Å². The van der Waals surface area contributed by atoms with Crippen molar-refractivity contribution in [2.75, 3.05) is 19.6 Å². The Labute approximate surface area is 122 Å². The fourth-order valence-corrected chi connectivity index (χ4v) is 2.33. The third kappa shape index (κ3) is 5.90. The highest BCUT2D eigenvalue weighted by Crippen LogP contribution is 2.09. The van der Waals surface area contributed by atoms with E-state index in [1.165, 1.54) is 6.42 Å². The number of nitrogens with zero attached hydrogens (tertiary/aromatic N) is 1. The van der Waals surface area contributed by atoms with Gasteiger partial charge >= 0.3 is 0 Å². The van der Waals surface area contributed by atoms with Gasteiger partial charge in [0.05, 0.1) is 6.04 Å². The molecule has 0 spiro atoms. The molecule has 5 nitrogen and oxygen atoms in total. The number of hydrogen-bond acceptors (Lipinski definition) is 3.